The second-order valence-electron chi connectivity index (χ2n) is 5.50. The number of halogens is 3. The SMILES string of the molecule is Fc1cc(F)c(F)c(C2CCc3[nH]nc(-c4nn[nH]n4)c3C2)c1. The Balaban J connectivity index is 1.73. The third kappa shape index (κ3) is 2.28. The Morgan fingerprint density at radius 3 is 2.78 bits per heavy atom. The highest BCUT2D eigenvalue weighted by Crippen LogP contribution is 2.37. The van der Waals surface area contributed by atoms with E-state index in [0.29, 0.717) is 36.8 Å². The van der Waals surface area contributed by atoms with Gasteiger partial charge in [0.05, 0.1) is 0 Å². The lowest BCUT2D eigenvalue weighted by atomic mass is 9.81. The lowest BCUT2D eigenvalue weighted by molar-refractivity contribution is 0.462. The molecule has 0 saturated heterocycles. The van der Waals surface area contributed by atoms with Crippen LogP contribution in [0.15, 0.2) is 12.1 Å². The number of aryl methyl sites for hydroxylation is 1. The van der Waals surface area contributed by atoms with Crippen molar-refractivity contribution in [3.05, 3.63) is 46.4 Å². The van der Waals surface area contributed by atoms with E-state index in [0.717, 1.165) is 17.3 Å². The second-order valence-corrected chi connectivity index (χ2v) is 5.50. The van der Waals surface area contributed by atoms with E-state index in [2.05, 4.69) is 30.8 Å². The fourth-order valence-electron chi connectivity index (χ4n) is 3.08. The van der Waals surface area contributed by atoms with Crippen LogP contribution in [0.25, 0.3) is 11.5 Å². The molecule has 3 aromatic rings. The van der Waals surface area contributed by atoms with Crippen molar-refractivity contribution in [3.63, 3.8) is 0 Å². The molecule has 0 bridgehead atoms. The number of benzene rings is 1. The number of nitrogens with zero attached hydrogens (tertiary/aromatic N) is 4. The van der Waals surface area contributed by atoms with Gasteiger partial charge >= 0.3 is 0 Å². The smallest absolute Gasteiger partial charge is 0.225 e. The van der Waals surface area contributed by atoms with E-state index in [9.17, 15) is 13.2 Å². The van der Waals surface area contributed by atoms with Gasteiger partial charge in [-0.1, -0.05) is 0 Å². The summed E-state index contributed by atoms with van der Waals surface area (Å²) in [6.07, 6.45) is 1.57. The van der Waals surface area contributed by atoms with Crippen molar-refractivity contribution in [2.24, 2.45) is 0 Å². The van der Waals surface area contributed by atoms with Gasteiger partial charge in [-0.2, -0.15) is 10.3 Å². The summed E-state index contributed by atoms with van der Waals surface area (Å²) in [6, 6.07) is 1.61. The molecular weight excluding hydrogens is 309 g/mol. The minimum Gasteiger partial charge on any atom is -0.282 e. The van der Waals surface area contributed by atoms with Gasteiger partial charge in [0.1, 0.15) is 11.5 Å². The van der Waals surface area contributed by atoms with Gasteiger partial charge in [-0.3, -0.25) is 5.10 Å². The number of aromatic nitrogens is 6. The highest BCUT2D eigenvalue weighted by atomic mass is 19.2. The summed E-state index contributed by atoms with van der Waals surface area (Å²) in [5.41, 5.74) is 2.30. The summed E-state index contributed by atoms with van der Waals surface area (Å²) >= 11 is 0. The first-order valence-electron chi connectivity index (χ1n) is 7.08. The molecule has 0 fully saturated rings. The van der Waals surface area contributed by atoms with Crippen LogP contribution in [-0.2, 0) is 12.8 Å². The summed E-state index contributed by atoms with van der Waals surface area (Å²) in [4.78, 5) is 0. The lowest BCUT2D eigenvalue weighted by Gasteiger charge is -2.23. The molecule has 23 heavy (non-hydrogen) atoms. The van der Waals surface area contributed by atoms with E-state index in [1.807, 2.05) is 0 Å². The van der Waals surface area contributed by atoms with Crippen LogP contribution < -0.4 is 0 Å². The summed E-state index contributed by atoms with van der Waals surface area (Å²) in [7, 11) is 0. The lowest BCUT2D eigenvalue weighted by Crippen LogP contribution is -2.15. The van der Waals surface area contributed by atoms with Gasteiger partial charge in [0.15, 0.2) is 11.6 Å². The van der Waals surface area contributed by atoms with Crippen molar-refractivity contribution >= 4 is 0 Å². The Hall–Kier alpha value is -2.71. The molecule has 1 atom stereocenters. The molecule has 6 nitrogen and oxygen atoms in total. The predicted molar refractivity (Wildman–Crippen MR) is 72.8 cm³/mol. The Morgan fingerprint density at radius 1 is 1.13 bits per heavy atom. The van der Waals surface area contributed by atoms with Crippen LogP contribution in [0.5, 0.6) is 0 Å². The summed E-state index contributed by atoms with van der Waals surface area (Å²) in [5, 5.41) is 20.7. The number of nitrogens with one attached hydrogen (secondary N) is 2. The minimum absolute atomic E-state index is 0.0495. The molecule has 1 aliphatic carbocycles. The van der Waals surface area contributed by atoms with Crippen LogP contribution >= 0.6 is 0 Å². The summed E-state index contributed by atoms with van der Waals surface area (Å²) < 4.78 is 40.9. The Labute approximate surface area is 128 Å². The first-order chi connectivity index (χ1) is 11.1. The number of hydrogen-bond acceptors (Lipinski definition) is 4. The molecule has 1 aliphatic rings. The number of aromatic amines is 2. The highest BCUT2D eigenvalue weighted by molar-refractivity contribution is 5.56. The van der Waals surface area contributed by atoms with Gasteiger partial charge < -0.3 is 0 Å². The van der Waals surface area contributed by atoms with Crippen molar-refractivity contribution in [2.45, 2.75) is 25.2 Å². The number of rotatable bonds is 2. The maximum Gasteiger partial charge on any atom is 0.225 e. The molecular formula is C14H11F3N6. The van der Waals surface area contributed by atoms with Crippen molar-refractivity contribution in [1.29, 1.82) is 0 Å². The zero-order valence-electron chi connectivity index (χ0n) is 11.8. The van der Waals surface area contributed by atoms with Crippen LogP contribution in [0, 0.1) is 17.5 Å². The number of tetrazole rings is 1. The maximum atomic E-state index is 14.0. The van der Waals surface area contributed by atoms with Crippen LogP contribution in [0.4, 0.5) is 13.2 Å². The van der Waals surface area contributed by atoms with Crippen molar-refractivity contribution < 1.29 is 13.2 Å². The third-order valence-electron chi connectivity index (χ3n) is 4.16. The molecule has 9 heteroatoms. The van der Waals surface area contributed by atoms with Crippen LogP contribution in [0.2, 0.25) is 0 Å². The molecule has 2 heterocycles. The average Bonchev–Trinajstić information content (AvgIpc) is 3.18. The van der Waals surface area contributed by atoms with E-state index < -0.39 is 17.5 Å². The Kier molecular flexibility index (Phi) is 3.14. The van der Waals surface area contributed by atoms with Crippen LogP contribution in [0.3, 0.4) is 0 Å². The fourth-order valence-corrected chi connectivity index (χ4v) is 3.08. The zero-order valence-corrected chi connectivity index (χ0v) is 11.8. The molecule has 0 aliphatic heterocycles. The first kappa shape index (κ1) is 13.9. The van der Waals surface area contributed by atoms with E-state index in [1.54, 1.807) is 0 Å². The molecule has 0 spiro atoms. The molecule has 0 radical (unpaired) electrons. The monoisotopic (exact) mass is 320 g/mol. The summed E-state index contributed by atoms with van der Waals surface area (Å²) in [6.45, 7) is 0. The number of hydrogen-bond donors (Lipinski definition) is 2. The largest absolute Gasteiger partial charge is 0.282 e. The van der Waals surface area contributed by atoms with Gasteiger partial charge in [0, 0.05) is 17.3 Å². The van der Waals surface area contributed by atoms with Gasteiger partial charge in [-0.25, -0.2) is 13.2 Å². The second kappa shape index (κ2) is 5.18. The highest BCUT2D eigenvalue weighted by Gasteiger charge is 2.29. The molecule has 0 saturated carbocycles. The number of fused-ring (bicyclic) bond motifs is 1. The van der Waals surface area contributed by atoms with Crippen LogP contribution in [-0.4, -0.2) is 30.8 Å². The van der Waals surface area contributed by atoms with E-state index in [1.165, 1.54) is 0 Å². The first-order valence-corrected chi connectivity index (χ1v) is 7.08. The molecule has 0 amide bonds. The predicted octanol–water partition coefficient (Wildman–Crippen LogP) is 2.28. The minimum atomic E-state index is -1.17. The third-order valence-corrected chi connectivity index (χ3v) is 4.16. The molecule has 2 N–H and O–H groups in total. The normalized spacial score (nSPS) is 17.3. The van der Waals surface area contributed by atoms with Crippen LogP contribution in [0.1, 0.15) is 29.2 Å². The molecule has 118 valence electrons. The Morgan fingerprint density at radius 2 is 2.00 bits per heavy atom. The molecule has 1 unspecified atom stereocenters. The molecule has 2 aromatic heterocycles. The van der Waals surface area contributed by atoms with Crippen molar-refractivity contribution in [3.8, 4) is 11.5 Å². The van der Waals surface area contributed by atoms with Gasteiger partial charge in [0.25, 0.3) is 0 Å². The molecule has 4 rings (SSSR count). The van der Waals surface area contributed by atoms with Gasteiger partial charge in [-0.05, 0) is 42.0 Å². The standard InChI is InChI=1S/C14H11F3N6/c15-7-4-8(12(17)10(16)5-7)6-1-2-11-9(3-6)13(19-18-11)14-20-22-23-21-14/h4-6H,1-3H2,(H,18,19)(H,20,21,22,23). The maximum absolute atomic E-state index is 14.0. The van der Waals surface area contributed by atoms with Gasteiger partial charge in [-0.15, -0.1) is 10.2 Å². The topological polar surface area (TPSA) is 83.1 Å². The van der Waals surface area contributed by atoms with E-state index in [4.69, 9.17) is 0 Å². The van der Waals surface area contributed by atoms with E-state index in [-0.39, 0.29) is 11.5 Å². The Bertz CT molecular complexity index is 858. The van der Waals surface area contributed by atoms with E-state index >= 15 is 0 Å². The molecule has 1 aromatic carbocycles. The van der Waals surface area contributed by atoms with Gasteiger partial charge in [0.2, 0.25) is 5.82 Å². The number of H-pyrrole nitrogens is 2. The fraction of sp³-hybridized carbons (Fsp3) is 0.286. The zero-order chi connectivity index (χ0) is 16.0. The average molecular weight is 320 g/mol. The summed E-state index contributed by atoms with van der Waals surface area (Å²) in [5.74, 6) is -2.96. The quantitative estimate of drug-likeness (QED) is 0.710. The van der Waals surface area contributed by atoms with Crippen molar-refractivity contribution in [2.75, 3.05) is 0 Å². The van der Waals surface area contributed by atoms with Crippen molar-refractivity contribution in [1.82, 2.24) is 30.8 Å².